The number of methoxy groups -OCH3 is 1. The number of hydrogen-bond donors (Lipinski definition) is 1. The highest BCUT2D eigenvalue weighted by Gasteiger charge is 2.36. The monoisotopic (exact) mass is 372 g/mol. The van der Waals surface area contributed by atoms with Crippen molar-refractivity contribution in [3.63, 3.8) is 0 Å². The number of nitrogens with one attached hydrogen (secondary N) is 1. The Bertz CT molecular complexity index is 1020. The Morgan fingerprint density at radius 2 is 1.85 bits per heavy atom. The molecule has 1 unspecified atom stereocenters. The zero-order valence-electron chi connectivity index (χ0n) is 15.3. The number of rotatable bonds is 4. The van der Waals surface area contributed by atoms with Crippen LogP contribution in [0.15, 0.2) is 39.9 Å². The van der Waals surface area contributed by atoms with E-state index >= 15 is 0 Å². The molecule has 0 saturated carbocycles. The first-order valence-corrected chi connectivity index (χ1v) is 8.34. The van der Waals surface area contributed by atoms with Crippen LogP contribution in [0.25, 0.3) is 0 Å². The molecule has 142 valence electrons. The number of benzene rings is 1. The number of carbonyl (C=O) groups excluding carboxylic acids is 2. The number of para-hydroxylation sites is 2. The molecule has 1 aliphatic heterocycles. The van der Waals surface area contributed by atoms with E-state index in [2.05, 4.69) is 5.32 Å². The van der Waals surface area contributed by atoms with E-state index in [1.165, 1.54) is 36.7 Å². The molecule has 9 heteroatoms. The van der Waals surface area contributed by atoms with Gasteiger partial charge in [-0.05, 0) is 12.1 Å². The summed E-state index contributed by atoms with van der Waals surface area (Å²) in [5.74, 6) is -0.597. The minimum absolute atomic E-state index is 0.0304. The van der Waals surface area contributed by atoms with Crippen LogP contribution >= 0.6 is 0 Å². The molecule has 1 fully saturated rings. The van der Waals surface area contributed by atoms with Crippen LogP contribution in [0.5, 0.6) is 5.75 Å². The summed E-state index contributed by atoms with van der Waals surface area (Å²) >= 11 is 0. The predicted octanol–water partition coefficient (Wildman–Crippen LogP) is 0.0842. The summed E-state index contributed by atoms with van der Waals surface area (Å²) in [6, 6.07) is 8.25. The first-order valence-electron chi connectivity index (χ1n) is 8.34. The van der Waals surface area contributed by atoms with Gasteiger partial charge in [-0.2, -0.15) is 0 Å². The predicted molar refractivity (Wildman–Crippen MR) is 99.0 cm³/mol. The van der Waals surface area contributed by atoms with Gasteiger partial charge in [-0.25, -0.2) is 4.79 Å². The highest BCUT2D eigenvalue weighted by molar-refractivity contribution is 6.04. The quantitative estimate of drug-likeness (QED) is 0.819. The fourth-order valence-corrected chi connectivity index (χ4v) is 3.05. The van der Waals surface area contributed by atoms with Crippen molar-refractivity contribution >= 4 is 23.3 Å². The van der Waals surface area contributed by atoms with E-state index in [-0.39, 0.29) is 24.7 Å². The molecule has 0 bridgehead atoms. The van der Waals surface area contributed by atoms with Crippen LogP contribution in [-0.4, -0.2) is 34.6 Å². The number of anilines is 2. The second-order valence-corrected chi connectivity index (χ2v) is 6.33. The van der Waals surface area contributed by atoms with E-state index < -0.39 is 23.1 Å². The Hall–Kier alpha value is -3.36. The Labute approximate surface area is 154 Å². The molecular weight excluding hydrogens is 352 g/mol. The van der Waals surface area contributed by atoms with Crippen molar-refractivity contribution in [3.05, 3.63) is 51.2 Å². The molecule has 9 nitrogen and oxygen atoms in total. The summed E-state index contributed by atoms with van der Waals surface area (Å²) < 4.78 is 7.40. The van der Waals surface area contributed by atoms with Crippen LogP contribution < -0.4 is 26.2 Å². The lowest BCUT2D eigenvalue weighted by molar-refractivity contribution is -0.122. The molecule has 1 atom stereocenters. The number of hydrogen-bond acceptors (Lipinski definition) is 5. The molecule has 1 aromatic carbocycles. The molecule has 1 saturated heterocycles. The van der Waals surface area contributed by atoms with Gasteiger partial charge >= 0.3 is 5.69 Å². The Morgan fingerprint density at radius 1 is 1.15 bits per heavy atom. The maximum absolute atomic E-state index is 12.6. The number of carbonyl (C=O) groups is 2. The summed E-state index contributed by atoms with van der Waals surface area (Å²) in [6.07, 6.45) is 0.0304. The normalized spacial score (nSPS) is 16.5. The summed E-state index contributed by atoms with van der Waals surface area (Å²) in [5.41, 5.74) is -0.469. The fraction of sp³-hybridized carbons (Fsp3) is 0.333. The van der Waals surface area contributed by atoms with Crippen LogP contribution in [0.1, 0.15) is 6.42 Å². The van der Waals surface area contributed by atoms with E-state index in [0.717, 1.165) is 4.57 Å². The minimum atomic E-state index is -0.610. The van der Waals surface area contributed by atoms with Gasteiger partial charge < -0.3 is 15.0 Å². The van der Waals surface area contributed by atoms with Crippen molar-refractivity contribution in [2.75, 3.05) is 23.9 Å². The lowest BCUT2D eigenvalue weighted by Gasteiger charge is -2.19. The van der Waals surface area contributed by atoms with Crippen molar-refractivity contribution in [2.24, 2.45) is 20.0 Å². The van der Waals surface area contributed by atoms with Gasteiger partial charge in [-0.3, -0.25) is 23.5 Å². The molecule has 1 N–H and O–H groups in total. The zero-order chi connectivity index (χ0) is 19.7. The first-order chi connectivity index (χ1) is 12.8. The van der Waals surface area contributed by atoms with Crippen LogP contribution in [0.3, 0.4) is 0 Å². The van der Waals surface area contributed by atoms with E-state index in [1.54, 1.807) is 24.3 Å². The van der Waals surface area contributed by atoms with Crippen molar-refractivity contribution < 1.29 is 14.3 Å². The van der Waals surface area contributed by atoms with Crippen LogP contribution in [0, 0.1) is 5.92 Å². The molecule has 27 heavy (non-hydrogen) atoms. The lowest BCUT2D eigenvalue weighted by Crippen LogP contribution is -2.39. The third-order valence-electron chi connectivity index (χ3n) is 4.65. The van der Waals surface area contributed by atoms with Crippen LogP contribution in [0.4, 0.5) is 11.5 Å². The largest absolute Gasteiger partial charge is 0.495 e. The second kappa shape index (κ2) is 7.10. The highest BCUT2D eigenvalue weighted by Crippen LogP contribution is 2.33. The maximum atomic E-state index is 12.6. The SMILES string of the molecule is COc1ccccc1N1CC(C(=O)Nc2cc(=O)n(C)c(=O)n2C)CC1=O. The number of ether oxygens (including phenoxy) is 1. The molecule has 2 amide bonds. The maximum Gasteiger partial charge on any atom is 0.332 e. The highest BCUT2D eigenvalue weighted by atomic mass is 16.5. The number of aromatic nitrogens is 2. The number of amides is 2. The third kappa shape index (κ3) is 3.35. The molecule has 0 spiro atoms. The average Bonchev–Trinajstić information content (AvgIpc) is 3.06. The van der Waals surface area contributed by atoms with Gasteiger partial charge in [0, 0.05) is 33.1 Å². The molecular formula is C18H20N4O5. The van der Waals surface area contributed by atoms with E-state index in [9.17, 15) is 19.2 Å². The van der Waals surface area contributed by atoms with Gasteiger partial charge in [0.25, 0.3) is 5.56 Å². The molecule has 0 aliphatic carbocycles. The molecule has 0 radical (unpaired) electrons. The Kier molecular flexibility index (Phi) is 4.85. The van der Waals surface area contributed by atoms with E-state index in [4.69, 9.17) is 4.74 Å². The lowest BCUT2D eigenvalue weighted by atomic mass is 10.1. The Morgan fingerprint density at radius 3 is 2.56 bits per heavy atom. The topological polar surface area (TPSA) is 103 Å². The summed E-state index contributed by atoms with van der Waals surface area (Å²) in [6.45, 7) is 0.184. The standard InChI is InChI=1S/C18H20N4O5/c1-20-14(9-15(23)21(2)18(20)26)19-17(25)11-8-16(24)22(10-11)12-6-4-5-7-13(12)27-3/h4-7,9,11H,8,10H2,1-3H3,(H,19,25). The minimum Gasteiger partial charge on any atom is -0.495 e. The molecule has 2 aromatic rings. The average molecular weight is 372 g/mol. The van der Waals surface area contributed by atoms with Gasteiger partial charge in [-0.1, -0.05) is 12.1 Å². The van der Waals surface area contributed by atoms with Gasteiger partial charge in [0.2, 0.25) is 11.8 Å². The van der Waals surface area contributed by atoms with Gasteiger partial charge in [0.15, 0.2) is 0 Å². The van der Waals surface area contributed by atoms with Crippen molar-refractivity contribution in [1.29, 1.82) is 0 Å². The summed E-state index contributed by atoms with van der Waals surface area (Å²) in [5, 5.41) is 2.58. The van der Waals surface area contributed by atoms with Gasteiger partial charge in [0.1, 0.15) is 11.6 Å². The molecule has 1 aromatic heterocycles. The summed E-state index contributed by atoms with van der Waals surface area (Å²) in [4.78, 5) is 50.3. The number of nitrogens with zero attached hydrogens (tertiary/aromatic N) is 3. The molecule has 3 rings (SSSR count). The third-order valence-corrected chi connectivity index (χ3v) is 4.65. The first kappa shape index (κ1) is 18.4. The van der Waals surface area contributed by atoms with Crippen LogP contribution in [0.2, 0.25) is 0 Å². The van der Waals surface area contributed by atoms with Gasteiger partial charge in [0.05, 0.1) is 18.7 Å². The van der Waals surface area contributed by atoms with Crippen LogP contribution in [-0.2, 0) is 23.7 Å². The summed E-state index contributed by atoms with van der Waals surface area (Å²) in [7, 11) is 4.33. The van der Waals surface area contributed by atoms with E-state index in [0.29, 0.717) is 11.4 Å². The van der Waals surface area contributed by atoms with Gasteiger partial charge in [-0.15, -0.1) is 0 Å². The van der Waals surface area contributed by atoms with E-state index in [1.807, 2.05) is 0 Å². The van der Waals surface area contributed by atoms with Crippen molar-refractivity contribution in [2.45, 2.75) is 6.42 Å². The smallest absolute Gasteiger partial charge is 0.332 e. The second-order valence-electron chi connectivity index (χ2n) is 6.33. The molecule has 1 aliphatic rings. The zero-order valence-corrected chi connectivity index (χ0v) is 15.3. The Balaban J connectivity index is 1.81. The molecule has 2 heterocycles. The fourth-order valence-electron chi connectivity index (χ4n) is 3.05. The van der Waals surface area contributed by atoms with Crippen molar-refractivity contribution in [1.82, 2.24) is 9.13 Å². The van der Waals surface area contributed by atoms with Crippen molar-refractivity contribution in [3.8, 4) is 5.75 Å².